The molecule has 2 amide bonds. The number of unbranched alkanes of at least 4 members (excludes halogenated alkanes) is 10. The minimum atomic E-state index is -1.05. The van der Waals surface area contributed by atoms with Crippen molar-refractivity contribution in [1.29, 1.82) is 0 Å². The molecule has 0 bridgehead atoms. The van der Waals surface area contributed by atoms with Gasteiger partial charge in [0.25, 0.3) is 0 Å². The van der Waals surface area contributed by atoms with E-state index in [0.29, 0.717) is 39.4 Å². The number of carbonyl (C=O) groups is 2. The molecule has 28 heavy (non-hydrogen) atoms. The highest BCUT2D eigenvalue weighted by Crippen LogP contribution is 2.11. The number of nitrogens with one attached hydrogen (secondary N) is 2. The fraction of sp³-hybridized carbons (Fsp3) is 0.905. The van der Waals surface area contributed by atoms with Gasteiger partial charge in [-0.25, -0.2) is 4.79 Å². The second-order valence-electron chi connectivity index (χ2n) is 7.09. The smallest absolute Gasteiger partial charge is 0.404 e. The van der Waals surface area contributed by atoms with Crippen LogP contribution in [-0.2, 0) is 14.3 Å². The first-order chi connectivity index (χ1) is 13.7. The molecule has 0 aromatic carbocycles. The van der Waals surface area contributed by atoms with Crippen LogP contribution in [0.3, 0.4) is 0 Å². The normalized spacial score (nSPS) is 10.8. The summed E-state index contributed by atoms with van der Waals surface area (Å²) in [5.41, 5.74) is 0. The van der Waals surface area contributed by atoms with Crippen LogP contribution in [-0.4, -0.2) is 56.6 Å². The van der Waals surface area contributed by atoms with Crippen LogP contribution >= 0.6 is 0 Å². The van der Waals surface area contributed by atoms with Crippen LogP contribution in [0.2, 0.25) is 0 Å². The Bertz CT molecular complexity index is 367. The van der Waals surface area contributed by atoms with Gasteiger partial charge in [-0.2, -0.15) is 0 Å². The zero-order valence-corrected chi connectivity index (χ0v) is 17.8. The van der Waals surface area contributed by atoms with Gasteiger partial charge in [-0.05, 0) is 6.42 Å². The molecule has 0 aromatic heterocycles. The molecule has 0 saturated heterocycles. The summed E-state index contributed by atoms with van der Waals surface area (Å²) in [4.78, 5) is 21.9. The molecule has 0 fully saturated rings. The van der Waals surface area contributed by atoms with Crippen molar-refractivity contribution in [1.82, 2.24) is 10.6 Å². The van der Waals surface area contributed by atoms with E-state index < -0.39 is 6.09 Å². The maximum absolute atomic E-state index is 11.7. The Kier molecular flexibility index (Phi) is 20.9. The zero-order valence-electron chi connectivity index (χ0n) is 17.8. The van der Waals surface area contributed by atoms with E-state index in [1.54, 1.807) is 0 Å². The SMILES string of the molecule is CCCCCCCCCCCCCC(=O)NCCOCCOCCNC(=O)O. The van der Waals surface area contributed by atoms with E-state index in [9.17, 15) is 9.59 Å². The molecule has 0 heterocycles. The average molecular weight is 403 g/mol. The van der Waals surface area contributed by atoms with Crippen LogP contribution in [0.15, 0.2) is 0 Å². The van der Waals surface area contributed by atoms with Crippen LogP contribution in [0, 0.1) is 0 Å². The van der Waals surface area contributed by atoms with Crippen molar-refractivity contribution >= 4 is 12.0 Å². The van der Waals surface area contributed by atoms with Crippen LogP contribution < -0.4 is 10.6 Å². The lowest BCUT2D eigenvalue weighted by Gasteiger charge is -2.07. The number of hydrogen-bond acceptors (Lipinski definition) is 4. The molecule has 0 aliphatic heterocycles. The second kappa shape index (κ2) is 22.0. The molecule has 0 rings (SSSR count). The van der Waals surface area contributed by atoms with Crippen molar-refractivity contribution < 1.29 is 24.2 Å². The fourth-order valence-corrected chi connectivity index (χ4v) is 2.85. The third-order valence-corrected chi connectivity index (χ3v) is 4.47. The number of ether oxygens (including phenoxy) is 2. The third kappa shape index (κ3) is 22.7. The maximum atomic E-state index is 11.7. The second-order valence-corrected chi connectivity index (χ2v) is 7.09. The highest BCUT2D eigenvalue weighted by atomic mass is 16.5. The summed E-state index contributed by atoms with van der Waals surface area (Å²) in [5.74, 6) is 0.0931. The topological polar surface area (TPSA) is 96.9 Å². The third-order valence-electron chi connectivity index (χ3n) is 4.47. The predicted octanol–water partition coefficient (Wildman–Crippen LogP) is 4.10. The largest absolute Gasteiger partial charge is 0.465 e. The summed E-state index contributed by atoms with van der Waals surface area (Å²) >= 11 is 0. The van der Waals surface area contributed by atoms with Gasteiger partial charge in [0, 0.05) is 19.5 Å². The van der Waals surface area contributed by atoms with E-state index in [-0.39, 0.29) is 12.5 Å². The number of amides is 2. The van der Waals surface area contributed by atoms with Crippen LogP contribution in [0.5, 0.6) is 0 Å². The summed E-state index contributed by atoms with van der Waals surface area (Å²) in [6.45, 7) is 4.66. The molecule has 166 valence electrons. The van der Waals surface area contributed by atoms with Gasteiger partial charge in [0.15, 0.2) is 0 Å². The van der Waals surface area contributed by atoms with Gasteiger partial charge >= 0.3 is 6.09 Å². The van der Waals surface area contributed by atoms with E-state index in [0.717, 1.165) is 12.8 Å². The van der Waals surface area contributed by atoms with Crippen molar-refractivity contribution in [3.8, 4) is 0 Å². The summed E-state index contributed by atoms with van der Waals surface area (Å²) in [6.07, 6.45) is 13.7. The van der Waals surface area contributed by atoms with E-state index in [2.05, 4.69) is 17.6 Å². The molecule has 7 nitrogen and oxygen atoms in total. The van der Waals surface area contributed by atoms with Crippen LogP contribution in [0.25, 0.3) is 0 Å². The lowest BCUT2D eigenvalue weighted by atomic mass is 10.1. The van der Waals surface area contributed by atoms with E-state index in [1.807, 2.05) is 0 Å². The molecule has 0 saturated carbocycles. The Morgan fingerprint density at radius 2 is 1.14 bits per heavy atom. The molecule has 0 aliphatic carbocycles. The Hall–Kier alpha value is -1.34. The van der Waals surface area contributed by atoms with Crippen molar-refractivity contribution in [2.24, 2.45) is 0 Å². The van der Waals surface area contributed by atoms with Crippen molar-refractivity contribution in [2.75, 3.05) is 39.5 Å². The van der Waals surface area contributed by atoms with Gasteiger partial charge in [-0.15, -0.1) is 0 Å². The molecular formula is C21H42N2O5. The first-order valence-corrected chi connectivity index (χ1v) is 11.1. The molecule has 7 heteroatoms. The highest BCUT2D eigenvalue weighted by molar-refractivity contribution is 5.75. The number of rotatable bonds is 21. The molecule has 0 atom stereocenters. The van der Waals surface area contributed by atoms with Crippen LogP contribution in [0.4, 0.5) is 4.79 Å². The minimum Gasteiger partial charge on any atom is -0.465 e. The Balaban J connectivity index is 3.16. The Labute approximate surface area is 170 Å². The molecule has 3 N–H and O–H groups in total. The lowest BCUT2D eigenvalue weighted by Crippen LogP contribution is -2.27. The van der Waals surface area contributed by atoms with E-state index >= 15 is 0 Å². The fourth-order valence-electron chi connectivity index (χ4n) is 2.85. The summed E-state index contributed by atoms with van der Waals surface area (Å²) in [7, 11) is 0. The Morgan fingerprint density at radius 1 is 0.679 bits per heavy atom. The number of carboxylic acid groups (broad SMARTS) is 1. The van der Waals surface area contributed by atoms with E-state index in [4.69, 9.17) is 14.6 Å². The van der Waals surface area contributed by atoms with E-state index in [1.165, 1.54) is 57.8 Å². The first kappa shape index (κ1) is 26.7. The standard InChI is InChI=1S/C21H42N2O5/c1-2-3-4-5-6-7-8-9-10-11-12-13-20(24)22-14-16-27-18-19-28-17-15-23-21(25)26/h23H,2-19H2,1H3,(H,22,24)(H,25,26). The van der Waals surface area contributed by atoms with Gasteiger partial charge < -0.3 is 25.2 Å². The van der Waals surface area contributed by atoms with Gasteiger partial charge in [0.2, 0.25) is 5.91 Å². The number of carbonyl (C=O) groups excluding carboxylic acids is 1. The van der Waals surface area contributed by atoms with Gasteiger partial charge in [-0.1, -0.05) is 71.1 Å². The van der Waals surface area contributed by atoms with Gasteiger partial charge in [-0.3, -0.25) is 4.79 Å². The van der Waals surface area contributed by atoms with Crippen molar-refractivity contribution in [3.63, 3.8) is 0 Å². The maximum Gasteiger partial charge on any atom is 0.404 e. The Morgan fingerprint density at radius 3 is 1.64 bits per heavy atom. The molecule has 0 aromatic rings. The number of hydrogen-bond donors (Lipinski definition) is 3. The summed E-state index contributed by atoms with van der Waals surface area (Å²) in [6, 6.07) is 0. The average Bonchev–Trinajstić information content (AvgIpc) is 2.67. The molecule has 0 unspecified atom stereocenters. The summed E-state index contributed by atoms with van der Waals surface area (Å²) < 4.78 is 10.5. The first-order valence-electron chi connectivity index (χ1n) is 11.1. The molecular weight excluding hydrogens is 360 g/mol. The summed E-state index contributed by atoms with van der Waals surface area (Å²) in [5, 5.41) is 13.5. The highest BCUT2D eigenvalue weighted by Gasteiger charge is 2.01. The predicted molar refractivity (Wildman–Crippen MR) is 112 cm³/mol. The van der Waals surface area contributed by atoms with Crippen molar-refractivity contribution in [3.05, 3.63) is 0 Å². The quantitative estimate of drug-likeness (QED) is 0.251. The molecule has 0 spiro atoms. The zero-order chi connectivity index (χ0) is 20.7. The van der Waals surface area contributed by atoms with Gasteiger partial charge in [0.1, 0.15) is 0 Å². The molecule has 0 radical (unpaired) electrons. The monoisotopic (exact) mass is 402 g/mol. The lowest BCUT2D eigenvalue weighted by molar-refractivity contribution is -0.121. The van der Waals surface area contributed by atoms with Crippen LogP contribution in [0.1, 0.15) is 84.0 Å². The minimum absolute atomic E-state index is 0.0931. The molecule has 0 aliphatic rings. The van der Waals surface area contributed by atoms with Crippen molar-refractivity contribution in [2.45, 2.75) is 84.0 Å². The van der Waals surface area contributed by atoms with Gasteiger partial charge in [0.05, 0.1) is 26.4 Å².